The molecule has 0 atom stereocenters. The second-order valence-electron chi connectivity index (χ2n) is 6.49. The van der Waals surface area contributed by atoms with Gasteiger partial charge in [0.25, 0.3) is 0 Å². The number of fused-ring (bicyclic) bond motifs is 1. The van der Waals surface area contributed by atoms with E-state index in [1.807, 2.05) is 12.1 Å². The molecule has 29 heavy (non-hydrogen) atoms. The fourth-order valence-corrected chi connectivity index (χ4v) is 2.98. The van der Waals surface area contributed by atoms with Crippen molar-refractivity contribution < 1.29 is 31.1 Å². The highest BCUT2D eigenvalue weighted by molar-refractivity contribution is 5.89. The first-order valence-electron chi connectivity index (χ1n) is 8.70. The molecule has 1 nitrogen and oxygen atoms in total. The van der Waals surface area contributed by atoms with E-state index in [1.165, 1.54) is 6.07 Å². The molecule has 3 aromatic carbocycles. The number of allylic oxidation sites excluding steroid dienone is 1. The van der Waals surface area contributed by atoms with Crippen molar-refractivity contribution in [2.45, 2.75) is 19.0 Å². The highest BCUT2D eigenvalue weighted by Crippen LogP contribution is 2.35. The lowest BCUT2D eigenvalue weighted by atomic mass is 9.98. The summed E-state index contributed by atoms with van der Waals surface area (Å²) in [4.78, 5) is 0. The smallest absolute Gasteiger partial charge is 0.422 e. The normalized spacial score (nSPS) is 11.7. The lowest BCUT2D eigenvalue weighted by Crippen LogP contribution is -2.20. The van der Waals surface area contributed by atoms with Gasteiger partial charge in [-0.25, -0.2) is 13.2 Å². The van der Waals surface area contributed by atoms with E-state index >= 15 is 0 Å². The molecular formula is C22H16F6O. The van der Waals surface area contributed by atoms with Crippen LogP contribution in [-0.2, 0) is 6.42 Å². The lowest BCUT2D eigenvalue weighted by molar-refractivity contribution is -0.154. The Morgan fingerprint density at radius 1 is 0.897 bits per heavy atom. The number of halogens is 6. The minimum atomic E-state index is -4.78. The van der Waals surface area contributed by atoms with Crippen LogP contribution in [-0.4, -0.2) is 12.8 Å². The van der Waals surface area contributed by atoms with Gasteiger partial charge in [0.05, 0.1) is 5.39 Å². The topological polar surface area (TPSA) is 9.23 Å². The molecule has 0 aliphatic rings. The molecule has 0 saturated carbocycles. The third-order valence-corrected chi connectivity index (χ3v) is 4.34. The molecule has 0 aliphatic heterocycles. The zero-order chi connectivity index (χ0) is 21.2. The number of benzene rings is 3. The van der Waals surface area contributed by atoms with Crippen molar-refractivity contribution in [3.63, 3.8) is 0 Å². The molecular weight excluding hydrogens is 394 g/mol. The average molecular weight is 410 g/mol. The Morgan fingerprint density at radius 3 is 2.21 bits per heavy atom. The molecule has 0 unspecified atom stereocenters. The summed E-state index contributed by atoms with van der Waals surface area (Å²) in [5.74, 6) is -5.13. The maximum Gasteiger partial charge on any atom is 0.422 e. The maximum atomic E-state index is 14.6. The van der Waals surface area contributed by atoms with E-state index < -0.39 is 41.4 Å². The average Bonchev–Trinajstić information content (AvgIpc) is 2.65. The largest absolute Gasteiger partial charge is 0.478 e. The van der Waals surface area contributed by atoms with Gasteiger partial charge >= 0.3 is 6.18 Å². The number of alkyl halides is 3. The Balaban J connectivity index is 2.00. The van der Waals surface area contributed by atoms with E-state index in [1.54, 1.807) is 18.2 Å². The summed E-state index contributed by atoms with van der Waals surface area (Å²) in [6.45, 7) is 1.77. The van der Waals surface area contributed by atoms with Crippen molar-refractivity contribution in [1.29, 1.82) is 0 Å². The van der Waals surface area contributed by atoms with Gasteiger partial charge in [-0.15, -0.1) is 6.58 Å². The van der Waals surface area contributed by atoms with Crippen LogP contribution in [0.1, 0.15) is 12.0 Å². The van der Waals surface area contributed by atoms with Crippen molar-refractivity contribution >= 4 is 10.8 Å². The number of hydrogen-bond acceptors (Lipinski definition) is 1. The molecule has 0 radical (unpaired) electrons. The van der Waals surface area contributed by atoms with E-state index in [2.05, 4.69) is 11.3 Å². The lowest BCUT2D eigenvalue weighted by Gasteiger charge is -2.13. The zero-order valence-corrected chi connectivity index (χ0v) is 15.1. The van der Waals surface area contributed by atoms with Gasteiger partial charge in [-0.2, -0.15) is 13.2 Å². The zero-order valence-electron chi connectivity index (χ0n) is 15.1. The maximum absolute atomic E-state index is 14.6. The Morgan fingerprint density at radius 2 is 1.59 bits per heavy atom. The fraction of sp³-hybridized carbons (Fsp3) is 0.182. The molecule has 0 aliphatic carbocycles. The van der Waals surface area contributed by atoms with E-state index in [-0.39, 0.29) is 5.39 Å². The Hall–Kier alpha value is -2.96. The predicted octanol–water partition coefficient (Wildman–Crippen LogP) is 6.98. The Bertz CT molecular complexity index is 1040. The number of hydrogen-bond donors (Lipinski definition) is 0. The van der Waals surface area contributed by atoms with E-state index in [0.29, 0.717) is 11.1 Å². The summed E-state index contributed by atoms with van der Waals surface area (Å²) in [5, 5.41) is -0.750. The van der Waals surface area contributed by atoms with Gasteiger partial charge in [0, 0.05) is 0 Å². The van der Waals surface area contributed by atoms with Crippen molar-refractivity contribution in [3.05, 3.63) is 78.1 Å². The van der Waals surface area contributed by atoms with Gasteiger partial charge in [-0.3, -0.25) is 0 Å². The first-order chi connectivity index (χ1) is 13.7. The Kier molecular flexibility index (Phi) is 5.86. The molecule has 152 valence electrons. The molecule has 3 rings (SSSR count). The molecule has 0 spiro atoms. The van der Waals surface area contributed by atoms with Crippen LogP contribution in [0.4, 0.5) is 26.3 Å². The molecule has 0 heterocycles. The third-order valence-electron chi connectivity index (χ3n) is 4.34. The minimum absolute atomic E-state index is 0.120. The van der Waals surface area contributed by atoms with Crippen LogP contribution < -0.4 is 4.74 Å². The van der Waals surface area contributed by atoms with Crippen LogP contribution in [0, 0.1) is 17.5 Å². The van der Waals surface area contributed by atoms with Crippen LogP contribution in [0.15, 0.2) is 55.1 Å². The van der Waals surface area contributed by atoms with Crippen LogP contribution in [0.5, 0.6) is 5.75 Å². The van der Waals surface area contributed by atoms with E-state index in [0.717, 1.165) is 30.5 Å². The molecule has 7 heteroatoms. The summed E-state index contributed by atoms with van der Waals surface area (Å²) < 4.78 is 84.3. The van der Waals surface area contributed by atoms with Gasteiger partial charge in [-0.1, -0.05) is 30.3 Å². The van der Waals surface area contributed by atoms with Crippen LogP contribution >= 0.6 is 0 Å². The highest BCUT2D eigenvalue weighted by Gasteiger charge is 2.30. The molecule has 0 fully saturated rings. The van der Waals surface area contributed by atoms with E-state index in [9.17, 15) is 26.3 Å². The van der Waals surface area contributed by atoms with Crippen molar-refractivity contribution in [3.8, 4) is 16.9 Å². The molecule has 0 aromatic heterocycles. The second-order valence-corrected chi connectivity index (χ2v) is 6.49. The van der Waals surface area contributed by atoms with Crippen molar-refractivity contribution in [1.82, 2.24) is 0 Å². The van der Waals surface area contributed by atoms with Crippen LogP contribution in [0.25, 0.3) is 21.9 Å². The first kappa shape index (κ1) is 20.8. The minimum Gasteiger partial charge on any atom is -0.478 e. The molecule has 0 amide bonds. The molecule has 0 saturated heterocycles. The number of rotatable bonds is 6. The van der Waals surface area contributed by atoms with Gasteiger partial charge in [0.15, 0.2) is 24.0 Å². The molecule has 0 N–H and O–H groups in total. The van der Waals surface area contributed by atoms with Gasteiger partial charge in [-0.05, 0) is 53.1 Å². The van der Waals surface area contributed by atoms with Crippen molar-refractivity contribution in [2.24, 2.45) is 0 Å². The van der Waals surface area contributed by atoms with Crippen LogP contribution in [0.2, 0.25) is 0 Å². The molecule has 0 bridgehead atoms. The fourth-order valence-electron chi connectivity index (χ4n) is 2.98. The second kappa shape index (κ2) is 8.19. The summed E-state index contributed by atoms with van der Waals surface area (Å²) in [5.41, 5.74) is 2.07. The first-order valence-corrected chi connectivity index (χ1v) is 8.70. The summed E-state index contributed by atoms with van der Waals surface area (Å²) >= 11 is 0. The Labute approximate surface area is 163 Å². The standard InChI is InChI=1S/C22H16F6O/c1-2-3-4-13-5-7-14(8-6-13)15-9-16-11-18(24)21(29-12-22(26,27)28)20(25)19(16)17(23)10-15/h2,5-11H,1,3-4,12H2. The quantitative estimate of drug-likeness (QED) is 0.315. The van der Waals surface area contributed by atoms with Gasteiger partial charge in [0.1, 0.15) is 5.82 Å². The third kappa shape index (κ3) is 4.72. The highest BCUT2D eigenvalue weighted by atomic mass is 19.4. The van der Waals surface area contributed by atoms with Crippen molar-refractivity contribution in [2.75, 3.05) is 6.61 Å². The summed E-state index contributed by atoms with van der Waals surface area (Å²) in [6, 6.07) is 10.4. The SMILES string of the molecule is C=CCCc1ccc(-c2cc(F)c3c(F)c(OCC(F)(F)F)c(F)cc3c2)cc1. The van der Waals surface area contributed by atoms with Gasteiger partial charge < -0.3 is 4.74 Å². The monoisotopic (exact) mass is 410 g/mol. The van der Waals surface area contributed by atoms with E-state index in [4.69, 9.17) is 0 Å². The summed E-state index contributed by atoms with van der Waals surface area (Å²) in [6.07, 6.45) is -1.38. The predicted molar refractivity (Wildman–Crippen MR) is 99.3 cm³/mol. The van der Waals surface area contributed by atoms with Crippen LogP contribution in [0.3, 0.4) is 0 Å². The number of ether oxygens (including phenoxy) is 1. The molecule has 3 aromatic rings. The summed E-state index contributed by atoms with van der Waals surface area (Å²) in [7, 11) is 0. The van der Waals surface area contributed by atoms with Gasteiger partial charge in [0.2, 0.25) is 0 Å². The number of aryl methyl sites for hydroxylation is 1.